The highest BCUT2D eigenvalue weighted by Gasteiger charge is 2.13. The van der Waals surface area contributed by atoms with Crippen molar-refractivity contribution in [3.8, 4) is 5.75 Å². The Labute approximate surface area is 143 Å². The van der Waals surface area contributed by atoms with Crippen LogP contribution < -0.4 is 15.0 Å². The number of carbonyl (C=O) groups excluding carboxylic acids is 2. The van der Waals surface area contributed by atoms with E-state index in [0.717, 1.165) is 10.2 Å². The largest absolute Gasteiger partial charge is 0.496 e. The maximum absolute atomic E-state index is 12.4. The minimum absolute atomic E-state index is 0.0549. The minimum Gasteiger partial charge on any atom is -0.496 e. The lowest BCUT2D eigenvalue weighted by molar-refractivity contribution is -0.116. The van der Waals surface area contributed by atoms with E-state index in [0.29, 0.717) is 17.0 Å². The molecule has 6 heteroatoms. The molecule has 0 radical (unpaired) electrons. The van der Waals surface area contributed by atoms with Gasteiger partial charge in [-0.3, -0.25) is 9.59 Å². The summed E-state index contributed by atoms with van der Waals surface area (Å²) in [5, 5.41) is 2.81. The second-order valence-electron chi connectivity index (χ2n) is 4.92. The second kappa shape index (κ2) is 7.28. The number of methoxy groups -OCH3 is 1. The van der Waals surface area contributed by atoms with Crippen LogP contribution in [0, 0.1) is 0 Å². The Morgan fingerprint density at radius 1 is 1.13 bits per heavy atom. The van der Waals surface area contributed by atoms with E-state index in [-0.39, 0.29) is 11.8 Å². The third-order valence-corrected chi connectivity index (χ3v) is 3.88. The van der Waals surface area contributed by atoms with E-state index in [1.165, 1.54) is 18.9 Å². The Morgan fingerprint density at radius 2 is 1.78 bits per heavy atom. The van der Waals surface area contributed by atoms with Crippen molar-refractivity contribution in [1.29, 1.82) is 0 Å². The van der Waals surface area contributed by atoms with Crippen LogP contribution in [0.4, 0.5) is 11.4 Å². The minimum atomic E-state index is -0.268. The summed E-state index contributed by atoms with van der Waals surface area (Å²) in [5.41, 5.74) is 1.83. The van der Waals surface area contributed by atoms with Crippen molar-refractivity contribution in [3.05, 3.63) is 52.5 Å². The molecule has 0 unspecified atom stereocenters. The number of carbonyl (C=O) groups is 2. The summed E-state index contributed by atoms with van der Waals surface area (Å²) in [6.07, 6.45) is 0. The Kier molecular flexibility index (Phi) is 5.39. The summed E-state index contributed by atoms with van der Waals surface area (Å²) in [5.74, 6) is 0.176. The van der Waals surface area contributed by atoms with Gasteiger partial charge in [-0.25, -0.2) is 0 Å². The maximum atomic E-state index is 12.4. The summed E-state index contributed by atoms with van der Waals surface area (Å²) in [4.78, 5) is 25.3. The molecule has 0 spiro atoms. The molecule has 2 aromatic carbocycles. The van der Waals surface area contributed by atoms with Gasteiger partial charge in [0, 0.05) is 29.8 Å². The summed E-state index contributed by atoms with van der Waals surface area (Å²) >= 11 is 3.35. The zero-order valence-corrected chi connectivity index (χ0v) is 14.7. The molecule has 23 heavy (non-hydrogen) atoms. The molecular weight excluding hydrogens is 360 g/mol. The van der Waals surface area contributed by atoms with Crippen LogP contribution in [0.3, 0.4) is 0 Å². The number of hydrogen-bond donors (Lipinski definition) is 1. The van der Waals surface area contributed by atoms with Crippen LogP contribution >= 0.6 is 15.9 Å². The van der Waals surface area contributed by atoms with Gasteiger partial charge in [0.1, 0.15) is 5.75 Å². The molecule has 0 aliphatic rings. The number of benzene rings is 2. The molecule has 0 aromatic heterocycles. The van der Waals surface area contributed by atoms with Crippen molar-refractivity contribution >= 4 is 39.1 Å². The number of rotatable bonds is 4. The first-order valence-electron chi connectivity index (χ1n) is 6.91. The van der Waals surface area contributed by atoms with Crippen LogP contribution in [0.2, 0.25) is 0 Å². The fourth-order valence-corrected chi connectivity index (χ4v) is 2.37. The van der Waals surface area contributed by atoms with Crippen molar-refractivity contribution < 1.29 is 14.3 Å². The fraction of sp³-hybridized carbons (Fsp3) is 0.176. The van der Waals surface area contributed by atoms with Gasteiger partial charge in [-0.05, 0) is 42.5 Å². The standard InChI is InChI=1S/C17H17BrN2O3/c1-11(21)20(2)14-7-5-13(6-8-14)19-17(22)15-10-12(18)4-9-16(15)23-3/h4-10H,1-3H3,(H,19,22). The van der Waals surface area contributed by atoms with Gasteiger partial charge in [-0.1, -0.05) is 15.9 Å². The number of hydrogen-bond acceptors (Lipinski definition) is 3. The van der Waals surface area contributed by atoms with E-state index < -0.39 is 0 Å². The van der Waals surface area contributed by atoms with Crippen molar-refractivity contribution in [2.45, 2.75) is 6.92 Å². The zero-order chi connectivity index (χ0) is 17.0. The van der Waals surface area contributed by atoms with Crippen molar-refractivity contribution in [2.24, 2.45) is 0 Å². The Hall–Kier alpha value is -2.34. The Morgan fingerprint density at radius 3 is 2.35 bits per heavy atom. The van der Waals surface area contributed by atoms with Crippen LogP contribution in [-0.4, -0.2) is 26.0 Å². The van der Waals surface area contributed by atoms with Gasteiger partial charge in [0.15, 0.2) is 0 Å². The van der Waals surface area contributed by atoms with Gasteiger partial charge in [0.25, 0.3) is 5.91 Å². The lowest BCUT2D eigenvalue weighted by Crippen LogP contribution is -2.22. The average molecular weight is 377 g/mol. The number of nitrogens with one attached hydrogen (secondary N) is 1. The quantitative estimate of drug-likeness (QED) is 0.884. The lowest BCUT2D eigenvalue weighted by atomic mass is 10.1. The first kappa shape index (κ1) is 17.0. The molecule has 2 amide bonds. The molecule has 0 fully saturated rings. The summed E-state index contributed by atoms with van der Waals surface area (Å²) in [6, 6.07) is 12.3. The number of nitrogens with zero attached hydrogens (tertiary/aromatic N) is 1. The average Bonchev–Trinajstić information content (AvgIpc) is 2.54. The maximum Gasteiger partial charge on any atom is 0.259 e. The molecule has 0 bridgehead atoms. The lowest BCUT2D eigenvalue weighted by Gasteiger charge is -2.15. The molecule has 0 aliphatic carbocycles. The van der Waals surface area contributed by atoms with Crippen molar-refractivity contribution in [3.63, 3.8) is 0 Å². The third-order valence-electron chi connectivity index (χ3n) is 3.39. The van der Waals surface area contributed by atoms with E-state index in [1.54, 1.807) is 43.4 Å². The second-order valence-corrected chi connectivity index (χ2v) is 5.84. The van der Waals surface area contributed by atoms with Gasteiger partial charge in [0.2, 0.25) is 5.91 Å². The molecule has 0 saturated carbocycles. The number of halogens is 1. The summed E-state index contributed by atoms with van der Waals surface area (Å²) in [6.45, 7) is 1.50. The van der Waals surface area contributed by atoms with Crippen molar-refractivity contribution in [2.75, 3.05) is 24.4 Å². The summed E-state index contributed by atoms with van der Waals surface area (Å²) in [7, 11) is 3.22. The normalized spacial score (nSPS) is 10.1. The van der Waals surface area contributed by atoms with Crippen LogP contribution in [0.5, 0.6) is 5.75 Å². The molecule has 2 rings (SSSR count). The number of ether oxygens (including phenoxy) is 1. The number of amides is 2. The predicted molar refractivity (Wildman–Crippen MR) is 94.2 cm³/mol. The van der Waals surface area contributed by atoms with Crippen LogP contribution in [0.25, 0.3) is 0 Å². The summed E-state index contributed by atoms with van der Waals surface area (Å²) < 4.78 is 6.00. The molecule has 2 aromatic rings. The smallest absolute Gasteiger partial charge is 0.259 e. The molecule has 0 atom stereocenters. The van der Waals surface area contributed by atoms with Gasteiger partial charge >= 0.3 is 0 Å². The first-order chi connectivity index (χ1) is 10.9. The van der Waals surface area contributed by atoms with Crippen LogP contribution in [0.15, 0.2) is 46.9 Å². The SMILES string of the molecule is COc1ccc(Br)cc1C(=O)Nc1ccc(N(C)C(C)=O)cc1. The topological polar surface area (TPSA) is 58.6 Å². The molecule has 120 valence electrons. The number of anilines is 2. The monoisotopic (exact) mass is 376 g/mol. The molecule has 0 heterocycles. The van der Waals surface area contributed by atoms with E-state index in [2.05, 4.69) is 21.2 Å². The van der Waals surface area contributed by atoms with Crippen molar-refractivity contribution in [1.82, 2.24) is 0 Å². The Bertz CT molecular complexity index is 729. The van der Waals surface area contributed by atoms with Gasteiger partial charge in [0.05, 0.1) is 12.7 Å². The predicted octanol–water partition coefficient (Wildman–Crippen LogP) is 3.69. The molecule has 0 aliphatic heterocycles. The third kappa shape index (κ3) is 4.10. The molecular formula is C17H17BrN2O3. The molecule has 5 nitrogen and oxygen atoms in total. The first-order valence-corrected chi connectivity index (χ1v) is 7.71. The highest BCUT2D eigenvalue weighted by molar-refractivity contribution is 9.10. The zero-order valence-electron chi connectivity index (χ0n) is 13.1. The Balaban J connectivity index is 2.18. The highest BCUT2D eigenvalue weighted by atomic mass is 79.9. The van der Waals surface area contributed by atoms with E-state index in [9.17, 15) is 9.59 Å². The van der Waals surface area contributed by atoms with Crippen LogP contribution in [-0.2, 0) is 4.79 Å². The fourth-order valence-electron chi connectivity index (χ4n) is 2.01. The van der Waals surface area contributed by atoms with E-state index in [1.807, 2.05) is 6.07 Å². The molecule has 1 N–H and O–H groups in total. The van der Waals surface area contributed by atoms with Gasteiger partial charge in [-0.2, -0.15) is 0 Å². The van der Waals surface area contributed by atoms with E-state index in [4.69, 9.17) is 4.74 Å². The van der Waals surface area contributed by atoms with Crippen LogP contribution in [0.1, 0.15) is 17.3 Å². The molecule has 0 saturated heterocycles. The van der Waals surface area contributed by atoms with Gasteiger partial charge in [-0.15, -0.1) is 0 Å². The van der Waals surface area contributed by atoms with Gasteiger partial charge < -0.3 is 15.0 Å². The highest BCUT2D eigenvalue weighted by Crippen LogP contribution is 2.24. The van der Waals surface area contributed by atoms with E-state index >= 15 is 0 Å².